The zero-order chi connectivity index (χ0) is 24.5. The number of nitrogens with one attached hydrogen (secondary N) is 1. The Morgan fingerprint density at radius 3 is 2.74 bits per heavy atom. The van der Waals surface area contributed by atoms with Gasteiger partial charge in [0.2, 0.25) is 5.91 Å². The largest absolute Gasteiger partial charge is 0.390 e. The van der Waals surface area contributed by atoms with Gasteiger partial charge in [-0.1, -0.05) is 36.4 Å². The summed E-state index contributed by atoms with van der Waals surface area (Å²) in [6.45, 7) is 0.363. The van der Waals surface area contributed by atoms with Crippen LogP contribution in [0.15, 0.2) is 55.1 Å². The molecule has 2 aromatic carbocycles. The highest BCUT2D eigenvalue weighted by Crippen LogP contribution is 2.34. The van der Waals surface area contributed by atoms with Crippen LogP contribution in [-0.4, -0.2) is 65.2 Å². The summed E-state index contributed by atoms with van der Waals surface area (Å²) in [5.74, 6) is -0.0670. The zero-order valence-corrected chi connectivity index (χ0v) is 18.7. The first-order chi connectivity index (χ1) is 16.9. The number of rotatable bonds is 7. The lowest BCUT2D eigenvalue weighted by molar-refractivity contribution is -0.123. The van der Waals surface area contributed by atoms with Crippen molar-refractivity contribution in [2.45, 2.75) is 50.0 Å². The van der Waals surface area contributed by atoms with Gasteiger partial charge < -0.3 is 31.1 Å². The van der Waals surface area contributed by atoms with Crippen molar-refractivity contribution in [2.24, 2.45) is 0 Å². The summed E-state index contributed by atoms with van der Waals surface area (Å²) in [4.78, 5) is 24.5. The smallest absolute Gasteiger partial charge is 0.220 e. The third-order valence-electron chi connectivity index (χ3n) is 6.29. The summed E-state index contributed by atoms with van der Waals surface area (Å²) in [6, 6.07) is 14.0. The molecule has 0 spiro atoms. The quantitative estimate of drug-likeness (QED) is 0.256. The molecule has 35 heavy (non-hydrogen) atoms. The van der Waals surface area contributed by atoms with Crippen molar-refractivity contribution in [3.63, 3.8) is 0 Å². The summed E-state index contributed by atoms with van der Waals surface area (Å²) in [5.41, 5.74) is 7.44. The van der Waals surface area contributed by atoms with E-state index in [1.807, 2.05) is 42.5 Å². The summed E-state index contributed by atoms with van der Waals surface area (Å²) >= 11 is 0. The molecule has 1 unspecified atom stereocenters. The van der Waals surface area contributed by atoms with Crippen LogP contribution in [0.5, 0.6) is 0 Å². The van der Waals surface area contributed by atoms with Gasteiger partial charge in [-0.05, 0) is 28.8 Å². The van der Waals surface area contributed by atoms with Crippen molar-refractivity contribution in [1.82, 2.24) is 24.8 Å². The van der Waals surface area contributed by atoms with Gasteiger partial charge in [-0.2, -0.15) is 0 Å². The van der Waals surface area contributed by atoms with E-state index in [9.17, 15) is 20.1 Å². The van der Waals surface area contributed by atoms with E-state index in [0.29, 0.717) is 17.7 Å². The molecule has 5 atom stereocenters. The summed E-state index contributed by atoms with van der Waals surface area (Å²) in [5, 5.41) is 36.7. The van der Waals surface area contributed by atoms with E-state index in [1.165, 1.54) is 17.2 Å². The van der Waals surface area contributed by atoms with Gasteiger partial charge in [0.1, 0.15) is 30.2 Å². The molecule has 1 amide bonds. The Bertz CT molecular complexity index is 1360. The first kappa shape index (κ1) is 23.1. The molecule has 1 saturated heterocycles. The molecule has 182 valence electrons. The number of aliphatic hydroxyl groups excluding tert-OH is 3. The Morgan fingerprint density at radius 2 is 1.91 bits per heavy atom. The van der Waals surface area contributed by atoms with E-state index in [1.54, 1.807) is 0 Å². The third-order valence-corrected chi connectivity index (χ3v) is 6.29. The van der Waals surface area contributed by atoms with Crippen molar-refractivity contribution < 1.29 is 24.9 Å². The number of amides is 1. The highest BCUT2D eigenvalue weighted by Gasteiger charge is 2.47. The second-order valence-corrected chi connectivity index (χ2v) is 8.62. The lowest BCUT2D eigenvalue weighted by Crippen LogP contribution is -2.39. The van der Waals surface area contributed by atoms with Crippen LogP contribution in [-0.2, 0) is 16.1 Å². The Labute approximate surface area is 200 Å². The number of hydrogen-bond acceptors (Lipinski definition) is 9. The Hall–Kier alpha value is -3.64. The molecule has 1 aliphatic heterocycles. The van der Waals surface area contributed by atoms with Crippen molar-refractivity contribution in [3.8, 4) is 0 Å². The molecule has 5 rings (SSSR count). The Balaban J connectivity index is 1.17. The maximum atomic E-state index is 12.4. The minimum Gasteiger partial charge on any atom is -0.390 e. The lowest BCUT2D eigenvalue weighted by Gasteiger charge is -2.21. The van der Waals surface area contributed by atoms with Crippen molar-refractivity contribution in [3.05, 3.63) is 60.7 Å². The number of benzene rings is 2. The van der Waals surface area contributed by atoms with E-state index in [0.717, 1.165) is 16.3 Å². The Kier molecular flexibility index (Phi) is 6.31. The molecule has 0 radical (unpaired) electrons. The van der Waals surface area contributed by atoms with Crippen LogP contribution in [0.1, 0.15) is 24.6 Å². The number of nitrogen functional groups attached to an aromatic ring is 1. The van der Waals surface area contributed by atoms with Crippen LogP contribution >= 0.6 is 0 Å². The fourth-order valence-electron chi connectivity index (χ4n) is 4.37. The van der Waals surface area contributed by atoms with Gasteiger partial charge in [0.15, 0.2) is 17.7 Å². The molecule has 0 aliphatic carbocycles. The molecule has 1 fully saturated rings. The average Bonchev–Trinajstić information content (AvgIpc) is 3.43. The van der Waals surface area contributed by atoms with Crippen LogP contribution in [0.4, 0.5) is 5.82 Å². The number of aliphatic hydroxyl groups is 3. The van der Waals surface area contributed by atoms with Gasteiger partial charge in [0.05, 0.1) is 12.4 Å². The van der Waals surface area contributed by atoms with Gasteiger partial charge in [-0.15, -0.1) is 0 Å². The van der Waals surface area contributed by atoms with Crippen molar-refractivity contribution >= 4 is 33.7 Å². The number of ether oxygens (including phenoxy) is 1. The standard InChI is InChI=1S/C24H26N6O5/c25-22-18-23(28-11-27-22)30(12-29-18)24-20(34)19(33)21(35-24)16(31)7-8-17(32)26-10-13-5-6-14-3-1-2-4-15(14)9-13/h1-6,9,11-12,16,19-21,24,31,33-34H,7-8,10H2,(H,26,32)(H2,25,27,28)/t16?,19-,20+,21+,24+/m0/s1. The molecular weight excluding hydrogens is 452 g/mol. The van der Waals surface area contributed by atoms with Gasteiger partial charge in [-0.25, -0.2) is 15.0 Å². The molecular formula is C24H26N6O5. The third kappa shape index (κ3) is 4.54. The highest BCUT2D eigenvalue weighted by atomic mass is 16.6. The predicted molar refractivity (Wildman–Crippen MR) is 127 cm³/mol. The van der Waals surface area contributed by atoms with Gasteiger partial charge in [-0.3, -0.25) is 9.36 Å². The minimum atomic E-state index is -1.37. The number of carbonyl (C=O) groups excluding carboxylic acids is 1. The molecule has 6 N–H and O–H groups in total. The van der Waals surface area contributed by atoms with E-state index < -0.39 is 30.6 Å². The van der Waals surface area contributed by atoms with Crippen LogP contribution in [0.2, 0.25) is 0 Å². The number of carbonyl (C=O) groups is 1. The Morgan fingerprint density at radius 1 is 1.11 bits per heavy atom. The van der Waals surface area contributed by atoms with Gasteiger partial charge in [0.25, 0.3) is 0 Å². The monoisotopic (exact) mass is 478 g/mol. The normalized spacial score (nSPS) is 23.1. The summed E-state index contributed by atoms with van der Waals surface area (Å²) in [7, 11) is 0. The van der Waals surface area contributed by atoms with E-state index in [-0.39, 0.29) is 24.6 Å². The summed E-state index contributed by atoms with van der Waals surface area (Å²) < 4.78 is 7.22. The molecule has 4 aromatic rings. The summed E-state index contributed by atoms with van der Waals surface area (Å²) in [6.07, 6.45) is -3.31. The van der Waals surface area contributed by atoms with Crippen LogP contribution in [0.25, 0.3) is 21.9 Å². The molecule has 2 aromatic heterocycles. The molecule has 0 bridgehead atoms. The second-order valence-electron chi connectivity index (χ2n) is 8.62. The first-order valence-electron chi connectivity index (χ1n) is 11.3. The molecule has 11 nitrogen and oxygen atoms in total. The number of fused-ring (bicyclic) bond motifs is 2. The number of anilines is 1. The van der Waals surface area contributed by atoms with Crippen molar-refractivity contribution in [2.75, 3.05) is 5.73 Å². The maximum absolute atomic E-state index is 12.4. The zero-order valence-electron chi connectivity index (χ0n) is 18.7. The van der Waals surface area contributed by atoms with Crippen LogP contribution in [0.3, 0.4) is 0 Å². The highest BCUT2D eigenvalue weighted by molar-refractivity contribution is 5.83. The minimum absolute atomic E-state index is 0.0276. The van der Waals surface area contributed by atoms with Gasteiger partial charge in [0, 0.05) is 13.0 Å². The maximum Gasteiger partial charge on any atom is 0.220 e. The predicted octanol–water partition coefficient (Wildman–Crippen LogP) is 0.638. The molecule has 1 aliphatic rings. The van der Waals surface area contributed by atoms with E-state index >= 15 is 0 Å². The van der Waals surface area contributed by atoms with E-state index in [4.69, 9.17) is 10.5 Å². The molecule has 11 heteroatoms. The number of nitrogens with two attached hydrogens (primary N) is 1. The average molecular weight is 479 g/mol. The van der Waals surface area contributed by atoms with E-state index in [2.05, 4.69) is 20.3 Å². The number of nitrogens with zero attached hydrogens (tertiary/aromatic N) is 4. The number of hydrogen-bond donors (Lipinski definition) is 5. The van der Waals surface area contributed by atoms with Gasteiger partial charge >= 0.3 is 0 Å². The second kappa shape index (κ2) is 9.55. The fraction of sp³-hybridized carbons (Fsp3) is 0.333. The van der Waals surface area contributed by atoms with Crippen LogP contribution in [0, 0.1) is 0 Å². The van der Waals surface area contributed by atoms with Crippen molar-refractivity contribution in [1.29, 1.82) is 0 Å². The SMILES string of the molecule is Nc1ncnc2c1ncn2[C@@H]1O[C@H](C(O)CCC(=O)NCc2ccc3ccccc3c2)[C@@H](O)[C@H]1O. The topological polar surface area (TPSA) is 169 Å². The molecule has 3 heterocycles. The lowest BCUT2D eigenvalue weighted by atomic mass is 10.0. The number of aromatic nitrogens is 4. The molecule has 0 saturated carbocycles. The fourth-order valence-corrected chi connectivity index (χ4v) is 4.37. The van der Waals surface area contributed by atoms with Crippen LogP contribution < -0.4 is 11.1 Å². The first-order valence-corrected chi connectivity index (χ1v) is 11.3. The number of imidazole rings is 1.